The SMILES string of the molecule is COc1cc(OC)c(C=NO)c(OC)c1. The minimum Gasteiger partial charge on any atom is -0.496 e. The molecule has 1 N–H and O–H groups in total. The van der Waals surface area contributed by atoms with Gasteiger partial charge in [-0.15, -0.1) is 0 Å². The lowest BCUT2D eigenvalue weighted by Gasteiger charge is -2.11. The van der Waals surface area contributed by atoms with E-state index in [1.54, 1.807) is 19.2 Å². The number of oxime groups is 1. The second-order valence-corrected chi connectivity index (χ2v) is 2.69. The first-order valence-corrected chi connectivity index (χ1v) is 4.24. The minimum atomic E-state index is 0.518. The molecule has 0 saturated heterocycles. The lowest BCUT2D eigenvalue weighted by Crippen LogP contribution is -1.97. The summed E-state index contributed by atoms with van der Waals surface area (Å²) in [6, 6.07) is 3.36. The maximum absolute atomic E-state index is 8.51. The number of methoxy groups -OCH3 is 3. The average Bonchev–Trinajstić information content (AvgIpc) is 2.29. The van der Waals surface area contributed by atoms with Crippen molar-refractivity contribution in [1.82, 2.24) is 0 Å². The van der Waals surface area contributed by atoms with Gasteiger partial charge in [-0.3, -0.25) is 0 Å². The van der Waals surface area contributed by atoms with Gasteiger partial charge in [0.2, 0.25) is 0 Å². The van der Waals surface area contributed by atoms with Crippen molar-refractivity contribution in [1.29, 1.82) is 0 Å². The molecule has 0 saturated carbocycles. The van der Waals surface area contributed by atoms with Gasteiger partial charge in [0.05, 0.1) is 33.1 Å². The summed E-state index contributed by atoms with van der Waals surface area (Å²) in [5, 5.41) is 11.5. The molecule has 0 bridgehead atoms. The molecular weight excluding hydrogens is 198 g/mol. The average molecular weight is 211 g/mol. The van der Waals surface area contributed by atoms with Gasteiger partial charge in [0, 0.05) is 12.1 Å². The van der Waals surface area contributed by atoms with Crippen LogP contribution in [0.2, 0.25) is 0 Å². The second kappa shape index (κ2) is 5.09. The molecule has 0 aromatic heterocycles. The van der Waals surface area contributed by atoms with E-state index in [0.717, 1.165) is 0 Å². The van der Waals surface area contributed by atoms with Gasteiger partial charge >= 0.3 is 0 Å². The molecule has 1 rings (SSSR count). The number of benzene rings is 1. The van der Waals surface area contributed by atoms with Gasteiger partial charge in [-0.05, 0) is 0 Å². The first kappa shape index (κ1) is 11.2. The Morgan fingerprint density at radius 2 is 1.60 bits per heavy atom. The van der Waals surface area contributed by atoms with Crippen LogP contribution in [0.25, 0.3) is 0 Å². The van der Waals surface area contributed by atoms with E-state index in [1.165, 1.54) is 20.4 Å². The zero-order valence-corrected chi connectivity index (χ0v) is 8.85. The Hall–Kier alpha value is -1.91. The molecule has 1 aromatic carbocycles. The highest BCUT2D eigenvalue weighted by Gasteiger charge is 2.11. The van der Waals surface area contributed by atoms with E-state index < -0.39 is 0 Å². The Morgan fingerprint density at radius 3 is 1.93 bits per heavy atom. The molecular formula is C10H13NO4. The highest BCUT2D eigenvalue weighted by molar-refractivity contribution is 5.87. The summed E-state index contributed by atoms with van der Waals surface area (Å²) in [7, 11) is 4.58. The molecule has 0 aliphatic rings. The Morgan fingerprint density at radius 1 is 1.07 bits per heavy atom. The van der Waals surface area contributed by atoms with Crippen molar-refractivity contribution in [3.05, 3.63) is 17.7 Å². The van der Waals surface area contributed by atoms with E-state index in [9.17, 15) is 0 Å². The Kier molecular flexibility index (Phi) is 3.79. The predicted octanol–water partition coefficient (Wildman–Crippen LogP) is 1.52. The topological polar surface area (TPSA) is 60.3 Å². The van der Waals surface area contributed by atoms with Crippen molar-refractivity contribution >= 4 is 6.21 Å². The standard InChI is InChI=1S/C10H13NO4/c1-13-7-4-9(14-2)8(6-11-12)10(5-7)15-3/h4-6,12H,1-3H3. The van der Waals surface area contributed by atoms with Crippen LogP contribution in [0, 0.1) is 0 Å². The van der Waals surface area contributed by atoms with E-state index in [4.69, 9.17) is 19.4 Å². The van der Waals surface area contributed by atoms with E-state index in [1.807, 2.05) is 0 Å². The van der Waals surface area contributed by atoms with Crippen molar-refractivity contribution in [3.63, 3.8) is 0 Å². The van der Waals surface area contributed by atoms with Crippen LogP contribution in [-0.2, 0) is 0 Å². The second-order valence-electron chi connectivity index (χ2n) is 2.69. The van der Waals surface area contributed by atoms with Crippen molar-refractivity contribution < 1.29 is 19.4 Å². The molecule has 5 heteroatoms. The monoisotopic (exact) mass is 211 g/mol. The maximum Gasteiger partial charge on any atom is 0.135 e. The molecule has 5 nitrogen and oxygen atoms in total. The van der Waals surface area contributed by atoms with Gasteiger partial charge in [-0.2, -0.15) is 0 Å². The zero-order chi connectivity index (χ0) is 11.3. The van der Waals surface area contributed by atoms with Crippen LogP contribution in [0.4, 0.5) is 0 Å². The van der Waals surface area contributed by atoms with E-state index in [2.05, 4.69) is 5.16 Å². The van der Waals surface area contributed by atoms with Crippen LogP contribution in [0.15, 0.2) is 17.3 Å². The summed E-state index contributed by atoms with van der Waals surface area (Å²) in [4.78, 5) is 0. The Bertz CT molecular complexity index is 337. The van der Waals surface area contributed by atoms with Gasteiger partial charge in [0.1, 0.15) is 17.2 Å². The molecule has 0 aliphatic heterocycles. The van der Waals surface area contributed by atoms with E-state index in [0.29, 0.717) is 22.8 Å². The maximum atomic E-state index is 8.51. The van der Waals surface area contributed by atoms with Crippen LogP contribution in [0.5, 0.6) is 17.2 Å². The number of rotatable bonds is 4. The third-order valence-corrected chi connectivity index (χ3v) is 1.94. The molecule has 1 aromatic rings. The fourth-order valence-corrected chi connectivity index (χ4v) is 1.22. The fourth-order valence-electron chi connectivity index (χ4n) is 1.22. The molecule has 15 heavy (non-hydrogen) atoms. The molecule has 0 amide bonds. The number of hydrogen-bond donors (Lipinski definition) is 1. The largest absolute Gasteiger partial charge is 0.496 e. The summed E-state index contributed by atoms with van der Waals surface area (Å²) in [5.41, 5.74) is 0.559. The Labute approximate surface area is 87.9 Å². The molecule has 0 fully saturated rings. The van der Waals surface area contributed by atoms with Crippen molar-refractivity contribution in [2.45, 2.75) is 0 Å². The molecule has 0 unspecified atom stereocenters. The lowest BCUT2D eigenvalue weighted by atomic mass is 10.2. The number of hydrogen-bond acceptors (Lipinski definition) is 5. The molecule has 82 valence electrons. The normalized spacial score (nSPS) is 10.3. The summed E-state index contributed by atoms with van der Waals surface area (Å²) in [6.07, 6.45) is 1.25. The molecule has 0 heterocycles. The molecule has 0 atom stereocenters. The van der Waals surface area contributed by atoms with Crippen LogP contribution in [0.3, 0.4) is 0 Å². The van der Waals surface area contributed by atoms with Gasteiger partial charge in [0.15, 0.2) is 0 Å². The summed E-state index contributed by atoms with van der Waals surface area (Å²) < 4.78 is 15.3. The van der Waals surface area contributed by atoms with Gasteiger partial charge in [-0.1, -0.05) is 5.16 Å². The van der Waals surface area contributed by atoms with Crippen molar-refractivity contribution in [2.24, 2.45) is 5.16 Å². The quantitative estimate of drug-likeness (QED) is 0.466. The number of nitrogens with zero attached hydrogens (tertiary/aromatic N) is 1. The first-order valence-electron chi connectivity index (χ1n) is 4.24. The molecule has 0 radical (unpaired) electrons. The third-order valence-electron chi connectivity index (χ3n) is 1.94. The van der Waals surface area contributed by atoms with Crippen LogP contribution < -0.4 is 14.2 Å². The van der Waals surface area contributed by atoms with Gasteiger partial charge in [-0.25, -0.2) is 0 Å². The number of ether oxygens (including phenoxy) is 3. The molecule has 0 spiro atoms. The highest BCUT2D eigenvalue weighted by atomic mass is 16.5. The van der Waals surface area contributed by atoms with Gasteiger partial charge < -0.3 is 19.4 Å². The fraction of sp³-hybridized carbons (Fsp3) is 0.300. The van der Waals surface area contributed by atoms with Gasteiger partial charge in [0.25, 0.3) is 0 Å². The highest BCUT2D eigenvalue weighted by Crippen LogP contribution is 2.32. The minimum absolute atomic E-state index is 0.518. The van der Waals surface area contributed by atoms with Crippen LogP contribution >= 0.6 is 0 Å². The van der Waals surface area contributed by atoms with Crippen LogP contribution in [0.1, 0.15) is 5.56 Å². The smallest absolute Gasteiger partial charge is 0.135 e. The lowest BCUT2D eigenvalue weighted by molar-refractivity contribution is 0.321. The van der Waals surface area contributed by atoms with E-state index in [-0.39, 0.29) is 0 Å². The van der Waals surface area contributed by atoms with Crippen molar-refractivity contribution in [2.75, 3.05) is 21.3 Å². The first-order chi connectivity index (χ1) is 7.26. The summed E-state index contributed by atoms with van der Waals surface area (Å²) in [5.74, 6) is 1.65. The summed E-state index contributed by atoms with van der Waals surface area (Å²) in [6.45, 7) is 0. The molecule has 0 aliphatic carbocycles. The summed E-state index contributed by atoms with van der Waals surface area (Å²) >= 11 is 0. The predicted molar refractivity (Wildman–Crippen MR) is 55.5 cm³/mol. The van der Waals surface area contributed by atoms with Crippen LogP contribution in [-0.4, -0.2) is 32.8 Å². The van der Waals surface area contributed by atoms with E-state index >= 15 is 0 Å². The Balaban J connectivity index is 3.32. The van der Waals surface area contributed by atoms with Crippen molar-refractivity contribution in [3.8, 4) is 17.2 Å². The zero-order valence-electron chi connectivity index (χ0n) is 8.85. The third kappa shape index (κ3) is 2.31.